The first-order valence-electron chi connectivity index (χ1n) is 8.93. The van der Waals surface area contributed by atoms with Gasteiger partial charge in [0.1, 0.15) is 16.9 Å². The van der Waals surface area contributed by atoms with Crippen LogP contribution in [0.3, 0.4) is 0 Å². The van der Waals surface area contributed by atoms with Gasteiger partial charge in [0.2, 0.25) is 11.0 Å². The topological polar surface area (TPSA) is 58.1 Å². The molecule has 28 heavy (non-hydrogen) atoms. The third kappa shape index (κ3) is 4.48. The molecule has 1 aliphatic heterocycles. The van der Waals surface area contributed by atoms with E-state index in [0.29, 0.717) is 36.1 Å². The number of hydrogen-bond donors (Lipinski definition) is 1. The van der Waals surface area contributed by atoms with E-state index in [1.54, 1.807) is 17.0 Å². The van der Waals surface area contributed by atoms with E-state index in [2.05, 4.69) is 15.5 Å². The summed E-state index contributed by atoms with van der Waals surface area (Å²) in [6.07, 6.45) is 1.37. The number of nitrogens with zero attached hydrogens (tertiary/aromatic N) is 3. The maximum Gasteiger partial charge on any atom is 0.245 e. The molecule has 1 amide bonds. The summed E-state index contributed by atoms with van der Waals surface area (Å²) in [5.74, 6) is -0.250. The van der Waals surface area contributed by atoms with Crippen LogP contribution in [0.5, 0.6) is 0 Å². The number of anilines is 1. The molecule has 1 aromatic heterocycles. The van der Waals surface area contributed by atoms with Crippen molar-refractivity contribution in [1.29, 1.82) is 0 Å². The summed E-state index contributed by atoms with van der Waals surface area (Å²) in [5, 5.41) is 13.8. The minimum absolute atomic E-state index is 0.0266. The number of aromatic nitrogens is 2. The van der Waals surface area contributed by atoms with E-state index in [1.807, 2.05) is 24.3 Å². The first kappa shape index (κ1) is 18.8. The van der Waals surface area contributed by atoms with Crippen molar-refractivity contribution < 1.29 is 9.18 Å². The van der Waals surface area contributed by atoms with Crippen molar-refractivity contribution in [2.45, 2.75) is 25.4 Å². The van der Waals surface area contributed by atoms with Gasteiger partial charge in [0.05, 0.1) is 0 Å². The van der Waals surface area contributed by atoms with E-state index in [0.717, 1.165) is 16.1 Å². The van der Waals surface area contributed by atoms with Crippen LogP contribution in [0.4, 0.5) is 9.52 Å². The van der Waals surface area contributed by atoms with Crippen LogP contribution in [0, 0.1) is 5.82 Å². The molecule has 0 aliphatic carbocycles. The Labute approximate surface area is 171 Å². The molecule has 2 heterocycles. The summed E-state index contributed by atoms with van der Waals surface area (Å²) >= 11 is 7.36. The molecule has 4 rings (SSSR count). The van der Waals surface area contributed by atoms with Crippen LogP contribution in [-0.4, -0.2) is 33.6 Å². The molecule has 144 valence electrons. The van der Waals surface area contributed by atoms with Crippen molar-refractivity contribution in [3.8, 4) is 0 Å². The van der Waals surface area contributed by atoms with Crippen molar-refractivity contribution in [1.82, 2.24) is 15.1 Å². The summed E-state index contributed by atoms with van der Waals surface area (Å²) < 4.78 is 13.0. The highest BCUT2D eigenvalue weighted by atomic mass is 35.5. The van der Waals surface area contributed by atoms with E-state index in [4.69, 9.17) is 11.6 Å². The Balaban J connectivity index is 1.34. The number of halogens is 2. The molecule has 3 aromatic rings. The van der Waals surface area contributed by atoms with E-state index in [9.17, 15) is 9.18 Å². The molecule has 0 bridgehead atoms. The van der Waals surface area contributed by atoms with Crippen LogP contribution in [0.2, 0.25) is 5.02 Å². The lowest BCUT2D eigenvalue weighted by atomic mass is 10.2. The number of hydrogen-bond acceptors (Lipinski definition) is 5. The summed E-state index contributed by atoms with van der Waals surface area (Å²) in [6, 6.07) is 13.6. The Hall–Kier alpha value is -2.51. The van der Waals surface area contributed by atoms with Crippen molar-refractivity contribution in [3.63, 3.8) is 0 Å². The first-order chi connectivity index (χ1) is 13.6. The SMILES string of the molecule is O=C1C(Nc2nnc(Cc3ccc(Cl)cc3)s2)CCN1Cc1ccc(F)cc1. The molecule has 1 atom stereocenters. The van der Waals surface area contributed by atoms with Gasteiger partial charge in [-0.3, -0.25) is 4.79 Å². The predicted molar refractivity (Wildman–Crippen MR) is 108 cm³/mol. The lowest BCUT2D eigenvalue weighted by molar-refractivity contribution is -0.128. The number of nitrogens with one attached hydrogen (secondary N) is 1. The predicted octanol–water partition coefficient (Wildman–Crippen LogP) is 4.13. The van der Waals surface area contributed by atoms with Gasteiger partial charge in [-0.2, -0.15) is 0 Å². The summed E-state index contributed by atoms with van der Waals surface area (Å²) in [7, 11) is 0. The van der Waals surface area contributed by atoms with Crippen LogP contribution in [0.1, 0.15) is 22.6 Å². The molecule has 5 nitrogen and oxygen atoms in total. The van der Waals surface area contributed by atoms with Crippen molar-refractivity contribution in [2.75, 3.05) is 11.9 Å². The maximum absolute atomic E-state index is 13.0. The monoisotopic (exact) mass is 416 g/mol. The van der Waals surface area contributed by atoms with Crippen LogP contribution in [-0.2, 0) is 17.8 Å². The van der Waals surface area contributed by atoms with E-state index in [-0.39, 0.29) is 17.8 Å². The third-order valence-corrected chi connectivity index (χ3v) is 5.72. The van der Waals surface area contributed by atoms with Crippen molar-refractivity contribution >= 4 is 34.0 Å². The fourth-order valence-electron chi connectivity index (χ4n) is 3.15. The molecule has 1 fully saturated rings. The van der Waals surface area contributed by atoms with Crippen LogP contribution >= 0.6 is 22.9 Å². The van der Waals surface area contributed by atoms with Gasteiger partial charge in [0.25, 0.3) is 0 Å². The second kappa shape index (κ2) is 8.24. The first-order valence-corrected chi connectivity index (χ1v) is 10.1. The zero-order chi connectivity index (χ0) is 19.5. The Morgan fingerprint density at radius 2 is 1.82 bits per heavy atom. The minimum Gasteiger partial charge on any atom is -0.348 e. The summed E-state index contributed by atoms with van der Waals surface area (Å²) in [4.78, 5) is 14.4. The summed E-state index contributed by atoms with van der Waals surface area (Å²) in [5.41, 5.74) is 2.02. The molecule has 1 unspecified atom stereocenters. The normalized spacial score (nSPS) is 16.6. The van der Waals surface area contributed by atoms with Gasteiger partial charge in [0, 0.05) is 24.5 Å². The van der Waals surface area contributed by atoms with Crippen molar-refractivity contribution in [2.24, 2.45) is 0 Å². The molecule has 8 heteroatoms. The van der Waals surface area contributed by atoms with Gasteiger partial charge in [0.15, 0.2) is 0 Å². The van der Waals surface area contributed by atoms with Gasteiger partial charge >= 0.3 is 0 Å². The summed E-state index contributed by atoms with van der Waals surface area (Å²) in [6.45, 7) is 1.14. The van der Waals surface area contributed by atoms with Gasteiger partial charge in [-0.25, -0.2) is 4.39 Å². The number of benzene rings is 2. The lowest BCUT2D eigenvalue weighted by Crippen LogP contribution is -2.33. The largest absolute Gasteiger partial charge is 0.348 e. The standard InChI is InChI=1S/C20H18ClFN4OS/c21-15-5-1-13(2-6-15)11-18-24-25-20(28-18)23-17-9-10-26(19(17)27)12-14-3-7-16(22)8-4-14/h1-8,17H,9-12H2,(H,23,25). The second-order valence-corrected chi connectivity index (χ2v) is 8.17. The average Bonchev–Trinajstić information content (AvgIpc) is 3.27. The molecule has 1 saturated heterocycles. The van der Waals surface area contributed by atoms with E-state index >= 15 is 0 Å². The zero-order valence-electron chi connectivity index (χ0n) is 14.9. The van der Waals surface area contributed by atoms with Crippen LogP contribution in [0.15, 0.2) is 48.5 Å². The molecule has 1 aliphatic rings. The second-order valence-electron chi connectivity index (χ2n) is 6.68. The van der Waals surface area contributed by atoms with Gasteiger partial charge in [-0.15, -0.1) is 10.2 Å². The molecular formula is C20H18ClFN4OS. The molecular weight excluding hydrogens is 399 g/mol. The van der Waals surface area contributed by atoms with Crippen LogP contribution in [0.25, 0.3) is 0 Å². The highest BCUT2D eigenvalue weighted by Gasteiger charge is 2.32. The smallest absolute Gasteiger partial charge is 0.245 e. The number of carbonyl (C=O) groups excluding carboxylic acids is 1. The van der Waals surface area contributed by atoms with Gasteiger partial charge in [-0.1, -0.05) is 47.2 Å². The van der Waals surface area contributed by atoms with Crippen LogP contribution < -0.4 is 5.32 Å². The molecule has 0 radical (unpaired) electrons. The fourth-order valence-corrected chi connectivity index (χ4v) is 4.10. The highest BCUT2D eigenvalue weighted by Crippen LogP contribution is 2.23. The number of likely N-dealkylation sites (tertiary alicyclic amines) is 1. The van der Waals surface area contributed by atoms with Gasteiger partial charge in [-0.05, 0) is 41.8 Å². The maximum atomic E-state index is 13.0. The Morgan fingerprint density at radius 1 is 1.11 bits per heavy atom. The molecule has 1 N–H and O–H groups in total. The molecule has 0 spiro atoms. The molecule has 0 saturated carbocycles. The highest BCUT2D eigenvalue weighted by molar-refractivity contribution is 7.15. The Kier molecular flexibility index (Phi) is 5.54. The number of rotatable bonds is 6. The van der Waals surface area contributed by atoms with Gasteiger partial charge < -0.3 is 10.2 Å². The van der Waals surface area contributed by atoms with E-state index in [1.165, 1.54) is 23.5 Å². The Morgan fingerprint density at radius 3 is 2.57 bits per heavy atom. The lowest BCUT2D eigenvalue weighted by Gasteiger charge is -2.17. The average molecular weight is 417 g/mol. The quantitative estimate of drug-likeness (QED) is 0.656. The zero-order valence-corrected chi connectivity index (χ0v) is 16.5. The minimum atomic E-state index is -0.309. The molecule has 2 aromatic carbocycles. The fraction of sp³-hybridized carbons (Fsp3) is 0.250. The third-order valence-electron chi connectivity index (χ3n) is 4.62. The van der Waals surface area contributed by atoms with Crippen molar-refractivity contribution in [3.05, 3.63) is 75.5 Å². The van der Waals surface area contributed by atoms with E-state index < -0.39 is 0 Å². The number of amides is 1. The Bertz CT molecular complexity index is 961. The number of carbonyl (C=O) groups is 1.